The number of nitrogens with zero attached hydrogens (tertiary/aromatic N) is 1. The topological polar surface area (TPSA) is 29.3 Å². The Morgan fingerprint density at radius 1 is 1.27 bits per heavy atom. The third kappa shape index (κ3) is 3.36. The van der Waals surface area contributed by atoms with Crippen LogP contribution in [0.25, 0.3) is 0 Å². The monoisotopic (exact) mass is 230 g/mol. The van der Waals surface area contributed by atoms with Crippen molar-refractivity contribution in [1.82, 2.24) is 4.90 Å². The zero-order chi connectivity index (χ0) is 11.1. The summed E-state index contributed by atoms with van der Waals surface area (Å²) in [6.45, 7) is 7.76. The van der Waals surface area contributed by atoms with Crippen LogP contribution in [-0.2, 0) is 0 Å². The second kappa shape index (κ2) is 6.77. The molecule has 2 N–H and O–H groups in total. The van der Waals surface area contributed by atoms with E-state index in [4.69, 9.17) is 5.73 Å². The summed E-state index contributed by atoms with van der Waals surface area (Å²) in [4.78, 5) is 2.64. The molecule has 0 bridgehead atoms. The summed E-state index contributed by atoms with van der Waals surface area (Å²) in [6.07, 6.45) is 5.16. The third-order valence-electron chi connectivity index (χ3n) is 3.64. The van der Waals surface area contributed by atoms with Crippen molar-refractivity contribution in [3.8, 4) is 0 Å². The van der Waals surface area contributed by atoms with Gasteiger partial charge in [-0.2, -0.15) is 11.8 Å². The molecule has 0 amide bonds. The van der Waals surface area contributed by atoms with E-state index in [1.54, 1.807) is 0 Å². The van der Waals surface area contributed by atoms with Crippen LogP contribution in [0.4, 0.5) is 0 Å². The highest BCUT2D eigenvalue weighted by Crippen LogP contribution is 2.31. The summed E-state index contributed by atoms with van der Waals surface area (Å²) < 4.78 is 0. The predicted molar refractivity (Wildman–Crippen MR) is 70.5 cm³/mol. The Labute approximate surface area is 99.0 Å². The Morgan fingerprint density at radius 3 is 2.40 bits per heavy atom. The van der Waals surface area contributed by atoms with Crippen molar-refractivity contribution in [2.24, 2.45) is 5.73 Å². The molecule has 2 nitrogen and oxygen atoms in total. The van der Waals surface area contributed by atoms with Gasteiger partial charge in [0.2, 0.25) is 0 Å². The van der Waals surface area contributed by atoms with Gasteiger partial charge in [0.05, 0.1) is 0 Å². The van der Waals surface area contributed by atoms with Crippen molar-refractivity contribution in [1.29, 1.82) is 0 Å². The van der Waals surface area contributed by atoms with Gasteiger partial charge >= 0.3 is 0 Å². The maximum absolute atomic E-state index is 6.04. The molecule has 1 aliphatic rings. The molecule has 0 aromatic rings. The molecule has 0 atom stereocenters. The molecule has 1 saturated heterocycles. The van der Waals surface area contributed by atoms with Crippen LogP contribution in [0.2, 0.25) is 0 Å². The minimum Gasteiger partial charge on any atom is -0.329 e. The lowest BCUT2D eigenvalue weighted by molar-refractivity contribution is 0.0889. The molecule has 3 heteroatoms. The van der Waals surface area contributed by atoms with Gasteiger partial charge in [0, 0.05) is 12.1 Å². The van der Waals surface area contributed by atoms with E-state index in [1.165, 1.54) is 43.7 Å². The quantitative estimate of drug-likeness (QED) is 0.759. The first-order valence-electron chi connectivity index (χ1n) is 6.32. The van der Waals surface area contributed by atoms with Gasteiger partial charge in [-0.15, -0.1) is 0 Å². The van der Waals surface area contributed by atoms with Crippen LogP contribution in [0.15, 0.2) is 0 Å². The Morgan fingerprint density at radius 2 is 1.93 bits per heavy atom. The summed E-state index contributed by atoms with van der Waals surface area (Å²) in [5.74, 6) is 2.58. The van der Waals surface area contributed by atoms with Gasteiger partial charge < -0.3 is 5.73 Å². The van der Waals surface area contributed by atoms with Crippen molar-refractivity contribution in [2.75, 3.05) is 31.1 Å². The average Bonchev–Trinajstić information content (AvgIpc) is 2.31. The summed E-state index contributed by atoms with van der Waals surface area (Å²) in [5, 5.41) is 0. The number of nitrogens with two attached hydrogens (primary N) is 1. The van der Waals surface area contributed by atoms with Gasteiger partial charge in [-0.25, -0.2) is 0 Å². The van der Waals surface area contributed by atoms with E-state index in [-0.39, 0.29) is 0 Å². The summed E-state index contributed by atoms with van der Waals surface area (Å²) in [6, 6.07) is 0. The first-order chi connectivity index (χ1) is 7.29. The smallest absolute Gasteiger partial charge is 0.0347 e. The van der Waals surface area contributed by atoms with Crippen LogP contribution < -0.4 is 5.73 Å². The van der Waals surface area contributed by atoms with Crippen molar-refractivity contribution in [3.63, 3.8) is 0 Å². The largest absolute Gasteiger partial charge is 0.329 e. The molecule has 0 aliphatic carbocycles. The second-order valence-corrected chi connectivity index (χ2v) is 5.70. The van der Waals surface area contributed by atoms with E-state index in [2.05, 4.69) is 30.5 Å². The molecule has 1 rings (SSSR count). The molecule has 0 aromatic carbocycles. The lowest BCUT2D eigenvalue weighted by atomic mass is 9.89. The Hall–Kier alpha value is 0.270. The predicted octanol–water partition coefficient (Wildman–Crippen LogP) is 2.33. The average molecular weight is 230 g/mol. The number of unbranched alkanes of at least 4 members (excludes halogenated alkanes) is 1. The molecule has 0 aromatic heterocycles. The molecule has 1 fully saturated rings. The summed E-state index contributed by atoms with van der Waals surface area (Å²) in [7, 11) is 0. The molecule has 0 radical (unpaired) electrons. The fourth-order valence-electron chi connectivity index (χ4n) is 2.48. The molecule has 0 saturated carbocycles. The van der Waals surface area contributed by atoms with Gasteiger partial charge in [-0.05, 0) is 43.9 Å². The summed E-state index contributed by atoms with van der Waals surface area (Å²) >= 11 is 2.08. The van der Waals surface area contributed by atoms with Crippen LogP contribution in [0.3, 0.4) is 0 Å². The van der Waals surface area contributed by atoms with E-state index >= 15 is 0 Å². The van der Waals surface area contributed by atoms with Gasteiger partial charge in [-0.3, -0.25) is 4.90 Å². The second-order valence-electron chi connectivity index (χ2n) is 4.47. The molecule has 0 spiro atoms. The van der Waals surface area contributed by atoms with E-state index < -0.39 is 0 Å². The van der Waals surface area contributed by atoms with Gasteiger partial charge in [0.1, 0.15) is 0 Å². The Kier molecular flexibility index (Phi) is 6.02. The number of rotatable bonds is 6. The van der Waals surface area contributed by atoms with Crippen LogP contribution >= 0.6 is 11.8 Å². The maximum atomic E-state index is 6.04. The van der Waals surface area contributed by atoms with Crippen molar-refractivity contribution >= 4 is 11.8 Å². The minimum atomic E-state index is 0.329. The zero-order valence-electron chi connectivity index (χ0n) is 10.3. The van der Waals surface area contributed by atoms with Crippen molar-refractivity contribution < 1.29 is 0 Å². The van der Waals surface area contributed by atoms with Gasteiger partial charge in [-0.1, -0.05) is 20.3 Å². The number of thioether (sulfide) groups is 1. The summed E-state index contributed by atoms with van der Waals surface area (Å²) in [5.41, 5.74) is 6.36. The number of hydrogen-bond donors (Lipinski definition) is 1. The highest BCUT2D eigenvalue weighted by atomic mass is 32.2. The number of likely N-dealkylation sites (N-methyl/N-ethyl adjacent to an activating group) is 1. The highest BCUT2D eigenvalue weighted by molar-refractivity contribution is 7.99. The lowest BCUT2D eigenvalue weighted by Gasteiger charge is -2.45. The van der Waals surface area contributed by atoms with Crippen LogP contribution in [-0.4, -0.2) is 41.6 Å². The first-order valence-corrected chi connectivity index (χ1v) is 7.47. The van der Waals surface area contributed by atoms with Crippen LogP contribution in [0.5, 0.6) is 0 Å². The van der Waals surface area contributed by atoms with E-state index in [9.17, 15) is 0 Å². The minimum absolute atomic E-state index is 0.329. The normalized spacial score (nSPS) is 20.8. The fourth-order valence-corrected chi connectivity index (χ4v) is 3.73. The molecule has 1 aliphatic heterocycles. The van der Waals surface area contributed by atoms with E-state index in [0.717, 1.165) is 13.1 Å². The Balaban J connectivity index is 2.58. The highest BCUT2D eigenvalue weighted by Gasteiger charge is 2.35. The van der Waals surface area contributed by atoms with Crippen molar-refractivity contribution in [2.45, 2.75) is 45.1 Å². The standard InChI is InChI=1S/C12H26N2S/c1-3-5-8-14(4-2)12(11-13)6-9-15-10-7-12/h3-11,13H2,1-2H3. The fraction of sp³-hybridized carbons (Fsp3) is 1.00. The van der Waals surface area contributed by atoms with E-state index in [1.807, 2.05) is 0 Å². The van der Waals surface area contributed by atoms with Crippen LogP contribution in [0.1, 0.15) is 39.5 Å². The van der Waals surface area contributed by atoms with Gasteiger partial charge in [0.25, 0.3) is 0 Å². The lowest BCUT2D eigenvalue weighted by Crippen LogP contribution is -2.56. The zero-order valence-corrected chi connectivity index (χ0v) is 11.1. The molecule has 0 unspecified atom stereocenters. The molecule has 15 heavy (non-hydrogen) atoms. The van der Waals surface area contributed by atoms with Crippen LogP contribution in [0, 0.1) is 0 Å². The molecular formula is C12H26N2S. The molecular weight excluding hydrogens is 204 g/mol. The molecule has 90 valence electrons. The Bertz CT molecular complexity index is 167. The molecule has 1 heterocycles. The third-order valence-corrected chi connectivity index (χ3v) is 4.62. The first kappa shape index (κ1) is 13.3. The van der Waals surface area contributed by atoms with Gasteiger partial charge in [0.15, 0.2) is 0 Å². The number of hydrogen-bond acceptors (Lipinski definition) is 3. The maximum Gasteiger partial charge on any atom is 0.0347 e. The van der Waals surface area contributed by atoms with E-state index in [0.29, 0.717) is 5.54 Å². The SMILES string of the molecule is CCCCN(CC)C1(CN)CCSCC1. The van der Waals surface area contributed by atoms with Crippen molar-refractivity contribution in [3.05, 3.63) is 0 Å².